The molecule has 0 heterocycles. The average molecular weight is 515 g/mol. The van der Waals surface area contributed by atoms with Crippen LogP contribution in [-0.4, -0.2) is 37.7 Å². The molecule has 3 N–H and O–H groups in total. The van der Waals surface area contributed by atoms with Gasteiger partial charge < -0.3 is 20.1 Å². The van der Waals surface area contributed by atoms with Crippen LogP contribution in [0.25, 0.3) is 0 Å². The van der Waals surface area contributed by atoms with Crippen LogP contribution < -0.4 is 25.5 Å². The Bertz CT molecular complexity index is 1270. The van der Waals surface area contributed by atoms with Crippen LogP contribution in [0.4, 0.5) is 11.4 Å². The maximum absolute atomic E-state index is 12.1. The van der Waals surface area contributed by atoms with Gasteiger partial charge in [0.25, 0.3) is 5.91 Å². The molecule has 0 aromatic heterocycles. The highest BCUT2D eigenvalue weighted by molar-refractivity contribution is 6.45. The Labute approximate surface area is 211 Å². The molecule has 35 heavy (non-hydrogen) atoms. The molecule has 0 bridgehead atoms. The first-order valence-corrected chi connectivity index (χ1v) is 10.9. The van der Waals surface area contributed by atoms with Crippen LogP contribution in [0.5, 0.6) is 11.5 Å². The van der Waals surface area contributed by atoms with Gasteiger partial charge in [-0.1, -0.05) is 47.5 Å². The molecule has 0 radical (unpaired) electrons. The third kappa shape index (κ3) is 7.73. The van der Waals surface area contributed by atoms with Crippen molar-refractivity contribution in [3.8, 4) is 11.5 Å². The molecule has 0 aliphatic heterocycles. The first kappa shape index (κ1) is 25.5. The van der Waals surface area contributed by atoms with E-state index in [2.05, 4.69) is 21.2 Å². The Morgan fingerprint density at radius 2 is 1.66 bits per heavy atom. The summed E-state index contributed by atoms with van der Waals surface area (Å²) >= 11 is 11.9. The largest absolute Gasteiger partial charge is 0.497 e. The van der Waals surface area contributed by atoms with Gasteiger partial charge in [-0.05, 0) is 42.0 Å². The quantitative estimate of drug-likeness (QED) is 0.237. The summed E-state index contributed by atoms with van der Waals surface area (Å²) in [7, 11) is 1.54. The molecule has 0 aliphatic carbocycles. The van der Waals surface area contributed by atoms with Crippen LogP contribution in [0.1, 0.15) is 5.56 Å². The molecule has 3 amide bonds. The Morgan fingerprint density at radius 3 is 2.46 bits per heavy atom. The van der Waals surface area contributed by atoms with Crippen molar-refractivity contribution in [1.29, 1.82) is 0 Å². The van der Waals surface area contributed by atoms with Gasteiger partial charge in [0, 0.05) is 11.8 Å². The smallest absolute Gasteiger partial charge is 0.329 e. The number of hydrogen-bond acceptors (Lipinski definition) is 6. The lowest BCUT2D eigenvalue weighted by molar-refractivity contribution is -0.136. The van der Waals surface area contributed by atoms with Gasteiger partial charge in [-0.25, -0.2) is 5.43 Å². The number of halogens is 2. The lowest BCUT2D eigenvalue weighted by Crippen LogP contribution is -2.32. The van der Waals surface area contributed by atoms with Crippen LogP contribution in [0.3, 0.4) is 0 Å². The van der Waals surface area contributed by atoms with Crippen LogP contribution in [0.2, 0.25) is 10.0 Å². The lowest BCUT2D eigenvalue weighted by atomic mass is 10.2. The zero-order chi connectivity index (χ0) is 25.2. The number of nitrogens with one attached hydrogen (secondary N) is 3. The number of amides is 3. The van der Waals surface area contributed by atoms with E-state index in [1.165, 1.54) is 19.4 Å². The van der Waals surface area contributed by atoms with Crippen molar-refractivity contribution in [1.82, 2.24) is 5.43 Å². The first-order chi connectivity index (χ1) is 16.9. The van der Waals surface area contributed by atoms with Crippen LogP contribution in [0.15, 0.2) is 71.8 Å². The van der Waals surface area contributed by atoms with Gasteiger partial charge in [-0.15, -0.1) is 0 Å². The predicted molar refractivity (Wildman–Crippen MR) is 134 cm³/mol. The third-order valence-electron chi connectivity index (χ3n) is 4.37. The maximum atomic E-state index is 12.1. The van der Waals surface area contributed by atoms with Crippen LogP contribution in [-0.2, 0) is 14.4 Å². The molecule has 3 rings (SSSR count). The molecule has 3 aromatic rings. The highest BCUT2D eigenvalue weighted by Gasteiger charge is 2.15. The van der Waals surface area contributed by atoms with Crippen molar-refractivity contribution >= 4 is 58.5 Å². The SMILES string of the molecule is COc1cccc(NC(=O)COc2cccc(/C=N\NC(=O)C(=O)Nc3cccc(Cl)c3Cl)c2)c1. The maximum Gasteiger partial charge on any atom is 0.329 e. The molecule has 0 saturated heterocycles. The Kier molecular flexibility index (Phi) is 9.05. The number of ether oxygens (including phenoxy) is 2. The lowest BCUT2D eigenvalue weighted by Gasteiger charge is -2.09. The van der Waals surface area contributed by atoms with Gasteiger partial charge in [-0.2, -0.15) is 5.10 Å². The topological polar surface area (TPSA) is 118 Å². The van der Waals surface area contributed by atoms with Crippen molar-refractivity contribution in [3.05, 3.63) is 82.3 Å². The van der Waals surface area contributed by atoms with Gasteiger partial charge >= 0.3 is 11.8 Å². The summed E-state index contributed by atoms with van der Waals surface area (Å²) in [5, 5.41) is 9.18. The molecule has 3 aromatic carbocycles. The van der Waals surface area contributed by atoms with Crippen LogP contribution in [0, 0.1) is 0 Å². The Morgan fingerprint density at radius 1 is 0.914 bits per heavy atom. The fourth-order valence-electron chi connectivity index (χ4n) is 2.73. The molecule has 0 fully saturated rings. The minimum atomic E-state index is -1.00. The summed E-state index contributed by atoms with van der Waals surface area (Å²) < 4.78 is 10.6. The van der Waals surface area contributed by atoms with Crippen molar-refractivity contribution in [2.45, 2.75) is 0 Å². The van der Waals surface area contributed by atoms with E-state index in [1.807, 2.05) is 0 Å². The van der Waals surface area contributed by atoms with Crippen LogP contribution >= 0.6 is 23.2 Å². The summed E-state index contributed by atoms with van der Waals surface area (Å²) in [6, 6.07) is 18.2. The van der Waals surface area contributed by atoms with E-state index < -0.39 is 11.8 Å². The first-order valence-electron chi connectivity index (χ1n) is 10.1. The van der Waals surface area contributed by atoms with Gasteiger partial charge in [0.2, 0.25) is 0 Å². The summed E-state index contributed by atoms with van der Waals surface area (Å²) in [5.41, 5.74) is 3.46. The minimum absolute atomic E-state index is 0.118. The summed E-state index contributed by atoms with van der Waals surface area (Å²) in [6.07, 6.45) is 1.32. The fraction of sp³-hybridized carbons (Fsp3) is 0.0833. The molecular formula is C24H20Cl2N4O5. The molecule has 180 valence electrons. The second-order valence-electron chi connectivity index (χ2n) is 6.90. The number of rotatable bonds is 8. The van der Waals surface area contributed by atoms with E-state index in [9.17, 15) is 14.4 Å². The van der Waals surface area contributed by atoms with Gasteiger partial charge in [0.05, 0.1) is 29.1 Å². The standard InChI is InChI=1S/C24H20Cl2N4O5/c1-34-17-7-3-6-16(12-17)28-21(31)14-35-18-8-2-5-15(11-18)13-27-30-24(33)23(32)29-20-10-4-9-19(25)22(20)26/h2-13H,14H2,1H3,(H,28,31)(H,29,32)(H,30,33)/b27-13-. The zero-order valence-corrected chi connectivity index (χ0v) is 19.9. The summed E-state index contributed by atoms with van der Waals surface area (Å²) in [5.74, 6) is -1.29. The number of hydrogen-bond donors (Lipinski definition) is 3. The molecular weight excluding hydrogens is 495 g/mol. The Balaban J connectivity index is 1.49. The van der Waals surface area contributed by atoms with Crippen molar-refractivity contribution < 1.29 is 23.9 Å². The van der Waals surface area contributed by atoms with Crippen molar-refractivity contribution in [3.63, 3.8) is 0 Å². The predicted octanol–water partition coefficient (Wildman–Crippen LogP) is 4.11. The number of methoxy groups -OCH3 is 1. The highest BCUT2D eigenvalue weighted by atomic mass is 35.5. The normalized spacial score (nSPS) is 10.5. The van der Waals surface area contributed by atoms with Crippen molar-refractivity contribution in [2.75, 3.05) is 24.4 Å². The minimum Gasteiger partial charge on any atom is -0.497 e. The monoisotopic (exact) mass is 514 g/mol. The molecule has 0 atom stereocenters. The molecule has 9 nitrogen and oxygen atoms in total. The van der Waals surface area contributed by atoms with Gasteiger partial charge in [0.15, 0.2) is 6.61 Å². The number of benzene rings is 3. The zero-order valence-electron chi connectivity index (χ0n) is 18.4. The van der Waals surface area contributed by atoms with E-state index in [1.54, 1.807) is 60.7 Å². The van der Waals surface area contributed by atoms with E-state index >= 15 is 0 Å². The molecule has 0 unspecified atom stereocenters. The second kappa shape index (κ2) is 12.4. The highest BCUT2D eigenvalue weighted by Crippen LogP contribution is 2.29. The molecule has 0 saturated carbocycles. The molecule has 11 heteroatoms. The fourth-order valence-corrected chi connectivity index (χ4v) is 3.07. The van der Waals surface area contributed by atoms with E-state index in [-0.39, 0.29) is 28.2 Å². The molecule has 0 spiro atoms. The number of anilines is 2. The van der Waals surface area contributed by atoms with E-state index in [4.69, 9.17) is 32.7 Å². The van der Waals surface area contributed by atoms with Crippen molar-refractivity contribution in [2.24, 2.45) is 5.10 Å². The summed E-state index contributed by atoms with van der Waals surface area (Å²) in [4.78, 5) is 36.2. The van der Waals surface area contributed by atoms with Gasteiger partial charge in [-0.3, -0.25) is 14.4 Å². The third-order valence-corrected chi connectivity index (χ3v) is 5.19. The number of hydrazone groups is 1. The van der Waals surface area contributed by atoms with E-state index in [0.717, 1.165) is 0 Å². The summed E-state index contributed by atoms with van der Waals surface area (Å²) in [6.45, 7) is -0.221. The number of nitrogens with zero attached hydrogens (tertiary/aromatic N) is 1. The average Bonchev–Trinajstić information content (AvgIpc) is 2.86. The second-order valence-corrected chi connectivity index (χ2v) is 7.68. The van der Waals surface area contributed by atoms with E-state index in [0.29, 0.717) is 22.7 Å². The number of carbonyl (C=O) groups is 3. The number of carbonyl (C=O) groups excluding carboxylic acids is 3. The van der Waals surface area contributed by atoms with Gasteiger partial charge in [0.1, 0.15) is 11.5 Å². The molecule has 0 aliphatic rings. The Hall–Kier alpha value is -4.08.